The maximum absolute atomic E-state index is 13.5. The van der Waals surface area contributed by atoms with Gasteiger partial charge in [-0.25, -0.2) is 14.1 Å². The summed E-state index contributed by atoms with van der Waals surface area (Å²) in [6, 6.07) is 9.31. The minimum Gasteiger partial charge on any atom is -0.482 e. The van der Waals surface area contributed by atoms with Crippen molar-refractivity contribution in [3.8, 4) is 11.4 Å². The number of fused-ring (bicyclic) bond motifs is 1. The Morgan fingerprint density at radius 1 is 1.30 bits per heavy atom. The van der Waals surface area contributed by atoms with Crippen LogP contribution in [0.2, 0.25) is 0 Å². The van der Waals surface area contributed by atoms with E-state index in [9.17, 15) is 9.18 Å². The topological polar surface area (TPSA) is 98.8 Å². The summed E-state index contributed by atoms with van der Waals surface area (Å²) in [5.74, 6) is 0.0709. The summed E-state index contributed by atoms with van der Waals surface area (Å²) < 4.78 is 21.0. The molecule has 4 rings (SSSR count). The van der Waals surface area contributed by atoms with E-state index in [4.69, 9.17) is 10.5 Å². The van der Waals surface area contributed by atoms with Crippen molar-refractivity contribution < 1.29 is 9.13 Å². The van der Waals surface area contributed by atoms with Crippen LogP contribution in [0.15, 0.2) is 59.8 Å². The van der Waals surface area contributed by atoms with Crippen molar-refractivity contribution in [3.05, 3.63) is 76.7 Å². The van der Waals surface area contributed by atoms with Gasteiger partial charge in [0.1, 0.15) is 11.9 Å². The van der Waals surface area contributed by atoms with E-state index in [2.05, 4.69) is 15.1 Å². The SMILES string of the molecule is C[C@H](Oc1cc2cc(F)ccc2nc1N)c1cc(-n2cccn2)c[nH]c1=O. The van der Waals surface area contributed by atoms with E-state index in [0.717, 1.165) is 0 Å². The van der Waals surface area contributed by atoms with E-state index in [-0.39, 0.29) is 22.9 Å². The van der Waals surface area contributed by atoms with Crippen LogP contribution in [0, 0.1) is 5.82 Å². The third-order valence-corrected chi connectivity index (χ3v) is 4.20. The predicted octanol–water partition coefficient (Wildman–Crippen LogP) is 2.97. The van der Waals surface area contributed by atoms with Crippen molar-refractivity contribution >= 4 is 16.7 Å². The molecular formula is C19H16FN5O2. The Bertz CT molecular complexity index is 1170. The smallest absolute Gasteiger partial charge is 0.255 e. The molecule has 1 aromatic carbocycles. The number of nitrogens with zero attached hydrogens (tertiary/aromatic N) is 3. The maximum Gasteiger partial charge on any atom is 0.255 e. The van der Waals surface area contributed by atoms with Gasteiger partial charge in [0.15, 0.2) is 11.6 Å². The highest BCUT2D eigenvalue weighted by molar-refractivity contribution is 5.82. The minimum atomic E-state index is -0.612. The van der Waals surface area contributed by atoms with Gasteiger partial charge in [0, 0.05) is 24.0 Å². The van der Waals surface area contributed by atoms with Crippen LogP contribution < -0.4 is 16.0 Å². The van der Waals surface area contributed by atoms with Gasteiger partial charge in [0.2, 0.25) is 0 Å². The van der Waals surface area contributed by atoms with Crippen molar-refractivity contribution in [1.82, 2.24) is 19.7 Å². The van der Waals surface area contributed by atoms with Gasteiger partial charge in [-0.1, -0.05) is 0 Å². The lowest BCUT2D eigenvalue weighted by atomic mass is 10.1. The number of nitrogens with two attached hydrogens (primary N) is 1. The molecular weight excluding hydrogens is 349 g/mol. The molecule has 0 saturated carbocycles. The van der Waals surface area contributed by atoms with Crippen LogP contribution in [0.3, 0.4) is 0 Å². The molecule has 0 bridgehead atoms. The number of aromatic amines is 1. The normalized spacial score (nSPS) is 12.2. The molecule has 0 aliphatic rings. The summed E-state index contributed by atoms with van der Waals surface area (Å²) in [6.45, 7) is 1.73. The number of hydrogen-bond donors (Lipinski definition) is 2. The Labute approximate surface area is 153 Å². The van der Waals surface area contributed by atoms with E-state index in [1.807, 2.05) is 0 Å². The third-order valence-electron chi connectivity index (χ3n) is 4.20. The largest absolute Gasteiger partial charge is 0.482 e. The molecule has 8 heteroatoms. The molecule has 3 aromatic heterocycles. The zero-order valence-corrected chi connectivity index (χ0v) is 14.4. The molecule has 3 N–H and O–H groups in total. The number of benzene rings is 1. The van der Waals surface area contributed by atoms with Crippen LogP contribution in [0.25, 0.3) is 16.6 Å². The van der Waals surface area contributed by atoms with E-state index < -0.39 is 6.10 Å². The number of H-pyrrole nitrogens is 1. The maximum atomic E-state index is 13.5. The van der Waals surface area contributed by atoms with Crippen LogP contribution >= 0.6 is 0 Å². The minimum absolute atomic E-state index is 0.167. The Morgan fingerprint density at radius 2 is 2.15 bits per heavy atom. The highest BCUT2D eigenvalue weighted by atomic mass is 19.1. The van der Waals surface area contributed by atoms with Crippen LogP contribution in [-0.2, 0) is 0 Å². The first kappa shape index (κ1) is 16.8. The first-order valence-corrected chi connectivity index (χ1v) is 8.26. The average molecular weight is 365 g/mol. The molecule has 0 aliphatic heterocycles. The summed E-state index contributed by atoms with van der Waals surface area (Å²) in [5.41, 5.74) is 7.34. The number of halogens is 1. The van der Waals surface area contributed by atoms with Gasteiger partial charge in [-0.3, -0.25) is 4.79 Å². The van der Waals surface area contributed by atoms with Gasteiger partial charge in [-0.15, -0.1) is 0 Å². The standard InChI is InChI=1S/C19H16FN5O2/c1-11(15-9-14(10-22-19(15)26)25-6-2-5-23-25)27-17-8-12-7-13(20)3-4-16(12)24-18(17)21/h2-11H,1H3,(H2,21,24)(H,22,26)/t11-/m0/s1. The second kappa shape index (κ2) is 6.56. The van der Waals surface area contributed by atoms with Crippen LogP contribution in [0.4, 0.5) is 10.2 Å². The Morgan fingerprint density at radius 3 is 2.93 bits per heavy atom. The molecule has 1 atom stereocenters. The van der Waals surface area contributed by atoms with Gasteiger partial charge in [0.25, 0.3) is 5.56 Å². The van der Waals surface area contributed by atoms with E-state index in [1.165, 1.54) is 12.1 Å². The number of nitrogens with one attached hydrogen (secondary N) is 1. The van der Waals surface area contributed by atoms with Crippen LogP contribution in [0.5, 0.6) is 5.75 Å². The highest BCUT2D eigenvalue weighted by Gasteiger charge is 2.16. The molecule has 0 radical (unpaired) electrons. The lowest BCUT2D eigenvalue weighted by Crippen LogP contribution is -2.19. The number of pyridine rings is 2. The fourth-order valence-electron chi connectivity index (χ4n) is 2.84. The lowest BCUT2D eigenvalue weighted by molar-refractivity contribution is 0.226. The summed E-state index contributed by atoms with van der Waals surface area (Å²) >= 11 is 0. The third kappa shape index (κ3) is 3.24. The summed E-state index contributed by atoms with van der Waals surface area (Å²) in [6.07, 6.45) is 4.37. The summed E-state index contributed by atoms with van der Waals surface area (Å²) in [4.78, 5) is 19.2. The molecule has 0 unspecified atom stereocenters. The molecule has 0 amide bonds. The van der Waals surface area contributed by atoms with Gasteiger partial charge in [0.05, 0.1) is 16.8 Å². The van der Waals surface area contributed by atoms with Gasteiger partial charge in [-0.05, 0) is 43.3 Å². The lowest BCUT2D eigenvalue weighted by Gasteiger charge is -2.16. The van der Waals surface area contributed by atoms with Gasteiger partial charge < -0.3 is 15.5 Å². The molecule has 4 aromatic rings. The van der Waals surface area contributed by atoms with Crippen molar-refractivity contribution in [1.29, 1.82) is 0 Å². The van der Waals surface area contributed by atoms with Crippen LogP contribution in [0.1, 0.15) is 18.6 Å². The first-order chi connectivity index (χ1) is 13.0. The molecule has 0 saturated heterocycles. The molecule has 0 spiro atoms. The number of rotatable bonds is 4. The van der Waals surface area contributed by atoms with Gasteiger partial charge >= 0.3 is 0 Å². The second-order valence-electron chi connectivity index (χ2n) is 6.06. The van der Waals surface area contributed by atoms with E-state index >= 15 is 0 Å². The zero-order valence-electron chi connectivity index (χ0n) is 14.4. The molecule has 3 heterocycles. The van der Waals surface area contributed by atoms with Gasteiger partial charge in [-0.2, -0.15) is 5.10 Å². The number of aromatic nitrogens is 4. The molecule has 0 aliphatic carbocycles. The second-order valence-corrected chi connectivity index (χ2v) is 6.06. The Kier molecular flexibility index (Phi) is 4.08. The van der Waals surface area contributed by atoms with Crippen molar-refractivity contribution in [2.24, 2.45) is 0 Å². The Hall–Kier alpha value is -3.68. The van der Waals surface area contributed by atoms with Crippen molar-refractivity contribution in [2.75, 3.05) is 5.73 Å². The van der Waals surface area contributed by atoms with Crippen molar-refractivity contribution in [2.45, 2.75) is 13.0 Å². The number of hydrogen-bond acceptors (Lipinski definition) is 5. The predicted molar refractivity (Wildman–Crippen MR) is 99.3 cm³/mol. The van der Waals surface area contributed by atoms with Crippen molar-refractivity contribution in [3.63, 3.8) is 0 Å². The quantitative estimate of drug-likeness (QED) is 0.579. The molecule has 7 nitrogen and oxygen atoms in total. The van der Waals surface area contributed by atoms with E-state index in [1.54, 1.807) is 54.5 Å². The average Bonchev–Trinajstić information content (AvgIpc) is 3.17. The number of anilines is 1. The number of ether oxygens (including phenoxy) is 1. The molecule has 136 valence electrons. The first-order valence-electron chi connectivity index (χ1n) is 8.26. The Balaban J connectivity index is 1.69. The fraction of sp³-hybridized carbons (Fsp3) is 0.105. The van der Waals surface area contributed by atoms with Crippen LogP contribution in [-0.4, -0.2) is 19.7 Å². The monoisotopic (exact) mass is 365 g/mol. The summed E-state index contributed by atoms with van der Waals surface area (Å²) in [7, 11) is 0. The molecule has 0 fully saturated rings. The highest BCUT2D eigenvalue weighted by Crippen LogP contribution is 2.29. The fourth-order valence-corrected chi connectivity index (χ4v) is 2.84. The zero-order chi connectivity index (χ0) is 19.0. The molecule has 27 heavy (non-hydrogen) atoms. The number of nitrogen functional groups attached to an aromatic ring is 1. The van der Waals surface area contributed by atoms with E-state index in [0.29, 0.717) is 22.2 Å². The summed E-state index contributed by atoms with van der Waals surface area (Å²) in [5, 5.41) is 4.71.